The Labute approximate surface area is 179 Å². The van der Waals surface area contributed by atoms with Crippen LogP contribution in [0.4, 0.5) is 0 Å². The molecule has 0 spiro atoms. The summed E-state index contributed by atoms with van der Waals surface area (Å²) in [6, 6.07) is 11.0. The molecule has 1 aromatic heterocycles. The Morgan fingerprint density at radius 1 is 1.07 bits per heavy atom. The fourth-order valence-electron chi connectivity index (χ4n) is 4.35. The van der Waals surface area contributed by atoms with E-state index in [1.54, 1.807) is 0 Å². The summed E-state index contributed by atoms with van der Waals surface area (Å²) in [6.45, 7) is 9.46. The van der Waals surface area contributed by atoms with Crippen molar-refractivity contribution in [2.45, 2.75) is 32.4 Å². The second-order valence-electron chi connectivity index (χ2n) is 8.38. The van der Waals surface area contributed by atoms with Crippen LogP contribution in [0.3, 0.4) is 0 Å². The summed E-state index contributed by atoms with van der Waals surface area (Å²) >= 11 is 0. The summed E-state index contributed by atoms with van der Waals surface area (Å²) in [7, 11) is 0. The highest BCUT2D eigenvalue weighted by atomic mass is 15.6. The lowest BCUT2D eigenvalue weighted by Gasteiger charge is -2.41. The van der Waals surface area contributed by atoms with E-state index >= 15 is 0 Å². The quantitative estimate of drug-likeness (QED) is 0.703. The summed E-state index contributed by atoms with van der Waals surface area (Å²) in [5.41, 5.74) is 1.26. The fraction of sp³-hybridized carbons (Fsp3) is 0.458. The molecule has 1 aliphatic heterocycles. The number of tetrazole rings is 1. The van der Waals surface area contributed by atoms with Gasteiger partial charge < -0.3 is 0 Å². The molecule has 0 N–H and O–H groups in total. The monoisotopic (exact) mass is 404 g/mol. The molecule has 4 rings (SSSR count). The summed E-state index contributed by atoms with van der Waals surface area (Å²) in [6.07, 6.45) is 14.4. The molecular weight excluding hydrogens is 372 g/mol. The molecular formula is C24H32N6. The van der Waals surface area contributed by atoms with Gasteiger partial charge in [-0.25, -0.2) is 4.68 Å². The first-order valence-corrected chi connectivity index (χ1v) is 11.0. The van der Waals surface area contributed by atoms with Gasteiger partial charge in [-0.05, 0) is 36.3 Å². The molecule has 2 atom stereocenters. The van der Waals surface area contributed by atoms with E-state index in [2.05, 4.69) is 106 Å². The van der Waals surface area contributed by atoms with Crippen molar-refractivity contribution in [3.8, 4) is 0 Å². The molecule has 2 aromatic rings. The van der Waals surface area contributed by atoms with Crippen molar-refractivity contribution in [3.05, 3.63) is 72.1 Å². The largest absolute Gasteiger partial charge is 0.297 e. The van der Waals surface area contributed by atoms with Crippen LogP contribution in [0.25, 0.3) is 6.08 Å². The normalized spacial score (nSPS) is 21.6. The third kappa shape index (κ3) is 4.94. The summed E-state index contributed by atoms with van der Waals surface area (Å²) < 4.78 is 1.99. The van der Waals surface area contributed by atoms with E-state index in [-0.39, 0.29) is 12.1 Å². The lowest BCUT2D eigenvalue weighted by Crippen LogP contribution is -2.49. The number of piperazine rings is 1. The van der Waals surface area contributed by atoms with Crippen LogP contribution in [-0.2, 0) is 0 Å². The molecule has 2 heterocycles. The lowest BCUT2D eigenvalue weighted by molar-refractivity contribution is 0.0766. The van der Waals surface area contributed by atoms with Gasteiger partial charge in [-0.3, -0.25) is 9.80 Å². The highest BCUT2D eigenvalue weighted by Gasteiger charge is 2.34. The van der Waals surface area contributed by atoms with E-state index in [4.69, 9.17) is 0 Å². The van der Waals surface area contributed by atoms with Crippen LogP contribution >= 0.6 is 0 Å². The Morgan fingerprint density at radius 2 is 1.87 bits per heavy atom. The molecule has 0 radical (unpaired) electrons. The molecule has 1 aliphatic carbocycles. The van der Waals surface area contributed by atoms with Crippen molar-refractivity contribution >= 4 is 6.08 Å². The van der Waals surface area contributed by atoms with Crippen molar-refractivity contribution in [2.75, 3.05) is 32.7 Å². The van der Waals surface area contributed by atoms with Gasteiger partial charge in [-0.1, -0.05) is 66.8 Å². The number of hydrogen-bond acceptors (Lipinski definition) is 5. The van der Waals surface area contributed by atoms with Crippen molar-refractivity contribution < 1.29 is 0 Å². The smallest absolute Gasteiger partial charge is 0.169 e. The van der Waals surface area contributed by atoms with Crippen molar-refractivity contribution in [3.63, 3.8) is 0 Å². The van der Waals surface area contributed by atoms with E-state index < -0.39 is 0 Å². The first kappa shape index (κ1) is 20.7. The zero-order valence-corrected chi connectivity index (χ0v) is 18.0. The van der Waals surface area contributed by atoms with E-state index in [0.29, 0.717) is 5.92 Å². The molecule has 2 aliphatic rings. The zero-order chi connectivity index (χ0) is 20.8. The number of nitrogens with zero attached hydrogens (tertiary/aromatic N) is 6. The number of rotatable bonds is 7. The van der Waals surface area contributed by atoms with E-state index in [9.17, 15) is 0 Å². The minimum absolute atomic E-state index is 0.214. The van der Waals surface area contributed by atoms with Crippen LogP contribution in [0.15, 0.2) is 60.7 Å². The van der Waals surface area contributed by atoms with Crippen LogP contribution in [0.2, 0.25) is 0 Å². The molecule has 1 unspecified atom stereocenters. The average molecular weight is 405 g/mol. The first-order valence-electron chi connectivity index (χ1n) is 11.0. The van der Waals surface area contributed by atoms with E-state index in [1.165, 1.54) is 5.56 Å². The number of aromatic nitrogens is 4. The predicted octanol–water partition coefficient (Wildman–Crippen LogP) is 3.76. The van der Waals surface area contributed by atoms with Gasteiger partial charge in [-0.15, -0.1) is 5.10 Å². The third-order valence-electron chi connectivity index (χ3n) is 5.97. The van der Waals surface area contributed by atoms with Gasteiger partial charge in [0.05, 0.1) is 12.1 Å². The molecule has 6 heteroatoms. The molecule has 0 saturated carbocycles. The summed E-state index contributed by atoms with van der Waals surface area (Å²) in [5.74, 6) is 1.40. The SMILES string of the molecule is CC(C)n1nnnc1[C@H](C1C=CC=CC1)N1CCN(C/C=C/c2ccccc2)CC1. The lowest BCUT2D eigenvalue weighted by atomic mass is 9.90. The second kappa shape index (κ2) is 9.96. The maximum absolute atomic E-state index is 4.47. The van der Waals surface area contributed by atoms with Crippen LogP contribution < -0.4 is 0 Å². The Balaban J connectivity index is 1.42. The molecule has 0 bridgehead atoms. The fourth-order valence-corrected chi connectivity index (χ4v) is 4.35. The Morgan fingerprint density at radius 3 is 2.57 bits per heavy atom. The highest BCUT2D eigenvalue weighted by molar-refractivity contribution is 5.48. The molecule has 0 amide bonds. The Kier molecular flexibility index (Phi) is 6.87. The van der Waals surface area contributed by atoms with Crippen LogP contribution in [0.5, 0.6) is 0 Å². The second-order valence-corrected chi connectivity index (χ2v) is 8.38. The molecule has 6 nitrogen and oxygen atoms in total. The molecule has 1 aromatic carbocycles. The van der Waals surface area contributed by atoms with Gasteiger partial charge in [0, 0.05) is 38.6 Å². The summed E-state index contributed by atoms with van der Waals surface area (Å²) in [4.78, 5) is 5.10. The standard InChI is InChI=1S/C24H32N6/c1-20(2)30-24(25-26-27-30)23(22-13-7-4-8-14-22)29-18-16-28(17-19-29)15-9-12-21-10-5-3-6-11-21/h3-13,20,22-23H,14-19H2,1-2H3/b12-9+/t22?,23-/m0/s1. The molecule has 158 valence electrons. The topological polar surface area (TPSA) is 50.1 Å². The average Bonchev–Trinajstić information content (AvgIpc) is 3.26. The van der Waals surface area contributed by atoms with Crippen molar-refractivity contribution in [2.24, 2.45) is 5.92 Å². The van der Waals surface area contributed by atoms with Crippen LogP contribution in [0, 0.1) is 5.92 Å². The van der Waals surface area contributed by atoms with Crippen molar-refractivity contribution in [1.29, 1.82) is 0 Å². The molecule has 30 heavy (non-hydrogen) atoms. The first-order chi connectivity index (χ1) is 14.7. The van der Waals surface area contributed by atoms with Gasteiger partial charge in [0.15, 0.2) is 5.82 Å². The van der Waals surface area contributed by atoms with Gasteiger partial charge in [-0.2, -0.15) is 0 Å². The van der Waals surface area contributed by atoms with Crippen LogP contribution in [0.1, 0.15) is 43.7 Å². The third-order valence-corrected chi connectivity index (χ3v) is 5.97. The Bertz CT molecular complexity index is 874. The van der Waals surface area contributed by atoms with Gasteiger partial charge in [0.25, 0.3) is 0 Å². The Hall–Kier alpha value is -2.57. The van der Waals surface area contributed by atoms with Gasteiger partial charge >= 0.3 is 0 Å². The zero-order valence-electron chi connectivity index (χ0n) is 18.0. The maximum atomic E-state index is 4.47. The molecule has 1 fully saturated rings. The predicted molar refractivity (Wildman–Crippen MR) is 121 cm³/mol. The summed E-state index contributed by atoms with van der Waals surface area (Å²) in [5, 5.41) is 12.8. The molecule has 1 saturated heterocycles. The van der Waals surface area contributed by atoms with Gasteiger partial charge in [0.1, 0.15) is 0 Å². The minimum atomic E-state index is 0.214. The highest BCUT2D eigenvalue weighted by Crippen LogP contribution is 2.34. The number of hydrogen-bond donors (Lipinski definition) is 0. The number of benzene rings is 1. The van der Waals surface area contributed by atoms with Crippen LogP contribution in [-0.4, -0.2) is 62.7 Å². The maximum Gasteiger partial charge on any atom is 0.169 e. The van der Waals surface area contributed by atoms with Gasteiger partial charge in [0.2, 0.25) is 0 Å². The minimum Gasteiger partial charge on any atom is -0.297 e. The van der Waals surface area contributed by atoms with E-state index in [1.807, 2.05) is 4.68 Å². The van der Waals surface area contributed by atoms with Crippen molar-refractivity contribution in [1.82, 2.24) is 30.0 Å². The van der Waals surface area contributed by atoms with E-state index in [0.717, 1.165) is 45.0 Å². The number of allylic oxidation sites excluding steroid dienone is 3.